The second-order valence-corrected chi connectivity index (χ2v) is 3.84. The van der Waals surface area contributed by atoms with Crippen molar-refractivity contribution in [3.05, 3.63) is 11.6 Å². The topological polar surface area (TPSA) is 20.3 Å². The number of Topliss-reactive ketones (excluding diaryl/α,β-unsaturated/α-hetero) is 1. The van der Waals surface area contributed by atoms with Crippen LogP contribution in [0.1, 0.15) is 32.6 Å². The Morgan fingerprint density at radius 3 is 2.92 bits per heavy atom. The van der Waals surface area contributed by atoms with Crippen LogP contribution in [0.5, 0.6) is 0 Å². The van der Waals surface area contributed by atoms with Crippen molar-refractivity contribution in [1.29, 1.82) is 0 Å². The maximum atomic E-state index is 11.3. The first-order chi connectivity index (χ1) is 6.22. The summed E-state index contributed by atoms with van der Waals surface area (Å²) < 4.78 is 0. The summed E-state index contributed by atoms with van der Waals surface area (Å²) in [5, 5.41) is 0. The molecule has 0 N–H and O–H groups in total. The Morgan fingerprint density at radius 2 is 2.38 bits per heavy atom. The van der Waals surface area contributed by atoms with Gasteiger partial charge in [-0.15, -0.1) is 0 Å². The highest BCUT2D eigenvalue weighted by Crippen LogP contribution is 2.14. The van der Waals surface area contributed by atoms with Gasteiger partial charge >= 0.3 is 0 Å². The van der Waals surface area contributed by atoms with Gasteiger partial charge in [0, 0.05) is 25.9 Å². The molecule has 0 aromatic heterocycles. The van der Waals surface area contributed by atoms with Gasteiger partial charge in [0.15, 0.2) is 0 Å². The molecule has 0 saturated carbocycles. The SMILES string of the molecule is CCCC(=O)CC1=CCN(C)CC1. The van der Waals surface area contributed by atoms with Gasteiger partial charge in [-0.25, -0.2) is 0 Å². The lowest BCUT2D eigenvalue weighted by molar-refractivity contribution is -0.118. The molecule has 1 heterocycles. The van der Waals surface area contributed by atoms with Crippen molar-refractivity contribution in [2.45, 2.75) is 32.6 Å². The minimum absolute atomic E-state index is 0.401. The summed E-state index contributed by atoms with van der Waals surface area (Å²) in [7, 11) is 2.11. The maximum Gasteiger partial charge on any atom is 0.136 e. The zero-order chi connectivity index (χ0) is 9.68. The van der Waals surface area contributed by atoms with Crippen LogP contribution in [0.2, 0.25) is 0 Å². The summed E-state index contributed by atoms with van der Waals surface area (Å²) >= 11 is 0. The van der Waals surface area contributed by atoms with Gasteiger partial charge in [0.1, 0.15) is 5.78 Å². The van der Waals surface area contributed by atoms with Crippen LogP contribution < -0.4 is 0 Å². The Kier molecular flexibility index (Phi) is 4.16. The normalized spacial score (nSPS) is 18.5. The molecule has 0 aliphatic carbocycles. The lowest BCUT2D eigenvalue weighted by atomic mass is 10.0. The number of hydrogen-bond acceptors (Lipinski definition) is 2. The quantitative estimate of drug-likeness (QED) is 0.618. The third kappa shape index (κ3) is 3.73. The van der Waals surface area contributed by atoms with Crippen molar-refractivity contribution in [2.24, 2.45) is 0 Å². The maximum absolute atomic E-state index is 11.3. The smallest absolute Gasteiger partial charge is 0.136 e. The molecule has 0 fully saturated rings. The summed E-state index contributed by atoms with van der Waals surface area (Å²) in [5.41, 5.74) is 1.34. The summed E-state index contributed by atoms with van der Waals surface area (Å²) in [5.74, 6) is 0.401. The zero-order valence-electron chi connectivity index (χ0n) is 8.68. The molecule has 0 saturated heterocycles. The fraction of sp³-hybridized carbons (Fsp3) is 0.727. The van der Waals surface area contributed by atoms with Crippen molar-refractivity contribution in [3.8, 4) is 0 Å². The molecular weight excluding hydrogens is 162 g/mol. The predicted molar refractivity (Wildman–Crippen MR) is 54.7 cm³/mol. The fourth-order valence-electron chi connectivity index (χ4n) is 1.59. The lowest BCUT2D eigenvalue weighted by Gasteiger charge is -2.21. The highest BCUT2D eigenvalue weighted by atomic mass is 16.1. The van der Waals surface area contributed by atoms with Crippen LogP contribution in [0.15, 0.2) is 11.6 Å². The van der Waals surface area contributed by atoms with Crippen molar-refractivity contribution in [2.75, 3.05) is 20.1 Å². The van der Waals surface area contributed by atoms with Gasteiger partial charge in [0.25, 0.3) is 0 Å². The Balaban J connectivity index is 2.33. The van der Waals surface area contributed by atoms with Crippen LogP contribution in [0.3, 0.4) is 0 Å². The molecule has 0 radical (unpaired) electrons. The van der Waals surface area contributed by atoms with Crippen molar-refractivity contribution in [1.82, 2.24) is 4.90 Å². The second-order valence-electron chi connectivity index (χ2n) is 3.84. The molecule has 0 atom stereocenters. The third-order valence-electron chi connectivity index (χ3n) is 2.46. The number of carbonyl (C=O) groups is 1. The standard InChI is InChI=1S/C11H19NO/c1-3-4-11(13)9-10-5-7-12(2)8-6-10/h5H,3-4,6-9H2,1-2H3. The fourth-order valence-corrected chi connectivity index (χ4v) is 1.59. The van der Waals surface area contributed by atoms with E-state index in [1.165, 1.54) is 5.57 Å². The molecular formula is C11H19NO. The average molecular weight is 181 g/mol. The van der Waals surface area contributed by atoms with Gasteiger partial charge in [-0.05, 0) is 19.9 Å². The zero-order valence-corrected chi connectivity index (χ0v) is 8.68. The second kappa shape index (κ2) is 5.18. The van der Waals surface area contributed by atoms with Crippen LogP contribution in [0, 0.1) is 0 Å². The first kappa shape index (κ1) is 10.5. The number of likely N-dealkylation sites (N-methyl/N-ethyl adjacent to an activating group) is 1. The van der Waals surface area contributed by atoms with Crippen molar-refractivity contribution >= 4 is 5.78 Å². The number of ketones is 1. The number of carbonyl (C=O) groups excluding carboxylic acids is 1. The van der Waals surface area contributed by atoms with E-state index in [0.29, 0.717) is 12.2 Å². The molecule has 0 unspecified atom stereocenters. The van der Waals surface area contributed by atoms with E-state index in [1.807, 2.05) is 0 Å². The molecule has 13 heavy (non-hydrogen) atoms. The first-order valence-electron chi connectivity index (χ1n) is 5.10. The van der Waals surface area contributed by atoms with E-state index >= 15 is 0 Å². The minimum Gasteiger partial charge on any atom is -0.302 e. The number of rotatable bonds is 4. The molecule has 2 nitrogen and oxygen atoms in total. The van der Waals surface area contributed by atoms with Gasteiger partial charge < -0.3 is 4.90 Å². The molecule has 1 aliphatic rings. The van der Waals surface area contributed by atoms with Gasteiger partial charge in [-0.2, -0.15) is 0 Å². The van der Waals surface area contributed by atoms with Crippen LogP contribution in [0.25, 0.3) is 0 Å². The van der Waals surface area contributed by atoms with Crippen molar-refractivity contribution in [3.63, 3.8) is 0 Å². The van der Waals surface area contributed by atoms with Gasteiger partial charge in [0.05, 0.1) is 0 Å². The molecule has 0 spiro atoms. The Labute approximate surface area is 80.6 Å². The van der Waals surface area contributed by atoms with Crippen LogP contribution in [0.4, 0.5) is 0 Å². The van der Waals surface area contributed by atoms with Crippen LogP contribution in [-0.2, 0) is 4.79 Å². The molecule has 1 rings (SSSR count). The highest BCUT2D eigenvalue weighted by molar-refractivity contribution is 5.80. The molecule has 74 valence electrons. The Morgan fingerprint density at radius 1 is 1.62 bits per heavy atom. The Hall–Kier alpha value is -0.630. The molecule has 2 heteroatoms. The van der Waals surface area contributed by atoms with Gasteiger partial charge in [-0.1, -0.05) is 18.6 Å². The predicted octanol–water partition coefficient (Wildman–Crippen LogP) is 2.01. The van der Waals surface area contributed by atoms with Crippen molar-refractivity contribution < 1.29 is 4.79 Å². The number of nitrogens with zero attached hydrogens (tertiary/aromatic N) is 1. The molecule has 0 aromatic rings. The summed E-state index contributed by atoms with van der Waals surface area (Å²) in [6.45, 7) is 4.17. The van der Waals surface area contributed by atoms with Crippen LogP contribution in [-0.4, -0.2) is 30.8 Å². The summed E-state index contributed by atoms with van der Waals surface area (Å²) in [4.78, 5) is 13.6. The van der Waals surface area contributed by atoms with E-state index in [2.05, 4.69) is 24.9 Å². The summed E-state index contributed by atoms with van der Waals surface area (Å²) in [6, 6.07) is 0. The monoisotopic (exact) mass is 181 g/mol. The largest absolute Gasteiger partial charge is 0.302 e. The average Bonchev–Trinajstić information content (AvgIpc) is 2.09. The van der Waals surface area contributed by atoms with E-state index < -0.39 is 0 Å². The third-order valence-corrected chi connectivity index (χ3v) is 2.46. The number of hydrogen-bond donors (Lipinski definition) is 0. The van der Waals surface area contributed by atoms with E-state index in [9.17, 15) is 4.79 Å². The van der Waals surface area contributed by atoms with E-state index in [-0.39, 0.29) is 0 Å². The molecule has 1 aliphatic heterocycles. The molecule has 0 bridgehead atoms. The van der Waals surface area contributed by atoms with E-state index in [1.54, 1.807) is 0 Å². The minimum atomic E-state index is 0.401. The Bertz CT molecular complexity index is 208. The summed E-state index contributed by atoms with van der Waals surface area (Å²) in [6.07, 6.45) is 5.70. The van der Waals surface area contributed by atoms with Crippen LogP contribution >= 0.6 is 0 Å². The molecule has 0 amide bonds. The van der Waals surface area contributed by atoms with Gasteiger partial charge in [0.2, 0.25) is 0 Å². The highest BCUT2D eigenvalue weighted by Gasteiger charge is 2.10. The molecule has 0 aromatic carbocycles. The van der Waals surface area contributed by atoms with E-state index in [4.69, 9.17) is 0 Å². The van der Waals surface area contributed by atoms with E-state index in [0.717, 1.165) is 32.4 Å². The lowest BCUT2D eigenvalue weighted by Crippen LogP contribution is -2.24. The first-order valence-corrected chi connectivity index (χ1v) is 5.10. The van der Waals surface area contributed by atoms with Gasteiger partial charge in [-0.3, -0.25) is 4.79 Å².